The quantitative estimate of drug-likeness (QED) is 0.807. The Morgan fingerprint density at radius 1 is 1.35 bits per heavy atom. The van der Waals surface area contributed by atoms with Gasteiger partial charge in [0.25, 0.3) is 0 Å². The van der Waals surface area contributed by atoms with Crippen LogP contribution in [-0.2, 0) is 11.3 Å². The zero-order valence-electron chi connectivity index (χ0n) is 14.2. The normalized spacial score (nSPS) is 31.7. The van der Waals surface area contributed by atoms with Crippen molar-refractivity contribution in [1.29, 1.82) is 0 Å². The van der Waals surface area contributed by atoms with E-state index in [9.17, 15) is 5.11 Å². The van der Waals surface area contributed by atoms with Gasteiger partial charge in [0, 0.05) is 50.3 Å². The molecule has 3 unspecified atom stereocenters. The highest BCUT2D eigenvalue weighted by Gasteiger charge is 2.36. The van der Waals surface area contributed by atoms with Crippen molar-refractivity contribution in [2.24, 2.45) is 5.41 Å². The molecule has 0 aliphatic carbocycles. The van der Waals surface area contributed by atoms with Crippen molar-refractivity contribution in [3.63, 3.8) is 0 Å². The smallest absolute Gasteiger partial charge is 0.0536 e. The molecule has 0 amide bonds. The summed E-state index contributed by atoms with van der Waals surface area (Å²) >= 11 is 0. The summed E-state index contributed by atoms with van der Waals surface area (Å²) in [4.78, 5) is 2.57. The first-order valence-electron chi connectivity index (χ1n) is 8.91. The van der Waals surface area contributed by atoms with Gasteiger partial charge in [-0.2, -0.15) is 0 Å². The van der Waals surface area contributed by atoms with Gasteiger partial charge in [-0.25, -0.2) is 0 Å². The van der Waals surface area contributed by atoms with Crippen molar-refractivity contribution in [3.05, 3.63) is 35.9 Å². The third-order valence-electron chi connectivity index (χ3n) is 5.53. The van der Waals surface area contributed by atoms with E-state index in [4.69, 9.17) is 4.74 Å². The Labute approximate surface area is 139 Å². The molecular weight excluding hydrogens is 288 g/mol. The van der Waals surface area contributed by atoms with Crippen LogP contribution in [0.25, 0.3) is 0 Å². The average Bonchev–Trinajstić information content (AvgIpc) is 3.15. The van der Waals surface area contributed by atoms with Crippen LogP contribution in [0.3, 0.4) is 0 Å². The second-order valence-electron chi connectivity index (χ2n) is 7.35. The van der Waals surface area contributed by atoms with E-state index in [1.807, 2.05) is 0 Å². The first kappa shape index (κ1) is 16.9. The van der Waals surface area contributed by atoms with Crippen LogP contribution in [-0.4, -0.2) is 55.0 Å². The lowest BCUT2D eigenvalue weighted by molar-refractivity contribution is 0.122. The van der Waals surface area contributed by atoms with Crippen LogP contribution in [0.15, 0.2) is 30.3 Å². The summed E-state index contributed by atoms with van der Waals surface area (Å²) in [6.45, 7) is 7.31. The topological polar surface area (TPSA) is 44.7 Å². The molecule has 4 heteroatoms. The summed E-state index contributed by atoms with van der Waals surface area (Å²) in [5.41, 5.74) is 1.53. The van der Waals surface area contributed by atoms with E-state index < -0.39 is 0 Å². The predicted octanol–water partition coefficient (Wildman–Crippen LogP) is 2.03. The van der Waals surface area contributed by atoms with Crippen LogP contribution in [0.5, 0.6) is 0 Å². The Balaban J connectivity index is 1.50. The van der Waals surface area contributed by atoms with Crippen molar-refractivity contribution in [1.82, 2.24) is 10.2 Å². The standard InChI is InChI=1S/C19H30N2O2/c1-16-11-18(13-21(16)12-17-5-3-2-4-6-17)20-14-19(7-9-22)8-10-23-15-19/h2-6,16,18,20,22H,7-15H2,1H3. The van der Waals surface area contributed by atoms with Crippen molar-refractivity contribution in [3.8, 4) is 0 Å². The Hall–Kier alpha value is -0.940. The van der Waals surface area contributed by atoms with Crippen molar-refractivity contribution < 1.29 is 9.84 Å². The van der Waals surface area contributed by atoms with E-state index in [0.29, 0.717) is 12.1 Å². The van der Waals surface area contributed by atoms with Crippen LogP contribution in [0.4, 0.5) is 0 Å². The molecule has 3 rings (SSSR count). The number of hydrogen-bond donors (Lipinski definition) is 2. The first-order valence-corrected chi connectivity index (χ1v) is 8.91. The molecule has 1 aromatic carbocycles. The number of hydrogen-bond acceptors (Lipinski definition) is 4. The molecule has 2 heterocycles. The SMILES string of the molecule is CC1CC(NCC2(CCO)CCOC2)CN1Cc1ccccc1. The molecule has 2 aliphatic heterocycles. The van der Waals surface area contributed by atoms with Gasteiger partial charge in [-0.05, 0) is 31.7 Å². The van der Waals surface area contributed by atoms with Crippen LogP contribution in [0.1, 0.15) is 31.7 Å². The molecule has 2 N–H and O–H groups in total. The highest BCUT2D eigenvalue weighted by Crippen LogP contribution is 2.32. The number of nitrogens with one attached hydrogen (secondary N) is 1. The molecule has 128 valence electrons. The van der Waals surface area contributed by atoms with Crippen LogP contribution >= 0.6 is 0 Å². The zero-order valence-corrected chi connectivity index (χ0v) is 14.2. The zero-order chi connectivity index (χ0) is 16.1. The molecule has 4 nitrogen and oxygen atoms in total. The van der Waals surface area contributed by atoms with Crippen LogP contribution in [0.2, 0.25) is 0 Å². The number of nitrogens with zero attached hydrogens (tertiary/aromatic N) is 1. The Kier molecular flexibility index (Phi) is 5.70. The Morgan fingerprint density at radius 2 is 2.17 bits per heavy atom. The maximum Gasteiger partial charge on any atom is 0.0536 e. The summed E-state index contributed by atoms with van der Waals surface area (Å²) in [5.74, 6) is 0. The van der Waals surface area contributed by atoms with Crippen molar-refractivity contribution >= 4 is 0 Å². The third-order valence-corrected chi connectivity index (χ3v) is 5.53. The van der Waals surface area contributed by atoms with Crippen LogP contribution < -0.4 is 5.32 Å². The van der Waals surface area contributed by atoms with Gasteiger partial charge in [-0.3, -0.25) is 4.90 Å². The average molecular weight is 318 g/mol. The summed E-state index contributed by atoms with van der Waals surface area (Å²) in [5, 5.41) is 13.1. The molecule has 2 aliphatic rings. The molecule has 0 saturated carbocycles. The number of aliphatic hydroxyl groups is 1. The van der Waals surface area contributed by atoms with Crippen LogP contribution in [0, 0.1) is 5.41 Å². The summed E-state index contributed by atoms with van der Waals surface area (Å²) in [7, 11) is 0. The number of rotatable bonds is 7. The van der Waals surface area contributed by atoms with Gasteiger partial charge in [0.15, 0.2) is 0 Å². The molecule has 23 heavy (non-hydrogen) atoms. The van der Waals surface area contributed by atoms with Gasteiger partial charge in [0.2, 0.25) is 0 Å². The molecule has 0 aromatic heterocycles. The first-order chi connectivity index (χ1) is 11.2. The number of aliphatic hydroxyl groups excluding tert-OH is 1. The van der Waals surface area contributed by atoms with E-state index in [1.54, 1.807) is 0 Å². The minimum Gasteiger partial charge on any atom is -0.396 e. The van der Waals surface area contributed by atoms with Gasteiger partial charge < -0.3 is 15.2 Å². The van der Waals surface area contributed by atoms with Gasteiger partial charge in [0.1, 0.15) is 0 Å². The molecular formula is C19H30N2O2. The third kappa shape index (κ3) is 4.32. The summed E-state index contributed by atoms with van der Waals surface area (Å²) in [6, 6.07) is 11.9. The lowest BCUT2D eigenvalue weighted by atomic mass is 9.83. The molecule has 0 spiro atoms. The van der Waals surface area contributed by atoms with E-state index in [1.165, 1.54) is 12.0 Å². The fourth-order valence-electron chi connectivity index (χ4n) is 3.96. The lowest BCUT2D eigenvalue weighted by Gasteiger charge is -2.28. The molecule has 0 bridgehead atoms. The number of benzene rings is 1. The number of ether oxygens (including phenoxy) is 1. The van der Waals surface area contributed by atoms with E-state index in [-0.39, 0.29) is 12.0 Å². The second kappa shape index (κ2) is 7.75. The van der Waals surface area contributed by atoms with Crippen molar-refractivity contribution in [2.45, 2.75) is 44.8 Å². The van der Waals surface area contributed by atoms with Gasteiger partial charge in [-0.15, -0.1) is 0 Å². The number of likely N-dealkylation sites (tertiary alicyclic amines) is 1. The van der Waals surface area contributed by atoms with Crippen molar-refractivity contribution in [2.75, 3.05) is 32.9 Å². The monoisotopic (exact) mass is 318 g/mol. The summed E-state index contributed by atoms with van der Waals surface area (Å²) in [6.07, 6.45) is 3.11. The predicted molar refractivity (Wildman–Crippen MR) is 92.3 cm³/mol. The van der Waals surface area contributed by atoms with E-state index in [0.717, 1.165) is 45.7 Å². The highest BCUT2D eigenvalue weighted by atomic mass is 16.5. The molecule has 2 fully saturated rings. The van der Waals surface area contributed by atoms with Gasteiger partial charge in [-0.1, -0.05) is 30.3 Å². The molecule has 0 radical (unpaired) electrons. The fourth-order valence-corrected chi connectivity index (χ4v) is 3.96. The van der Waals surface area contributed by atoms with Gasteiger partial charge >= 0.3 is 0 Å². The van der Waals surface area contributed by atoms with Gasteiger partial charge in [0.05, 0.1) is 6.61 Å². The lowest BCUT2D eigenvalue weighted by Crippen LogP contribution is -2.42. The fraction of sp³-hybridized carbons (Fsp3) is 0.684. The minimum atomic E-state index is 0.144. The van der Waals surface area contributed by atoms with E-state index in [2.05, 4.69) is 47.5 Å². The second-order valence-corrected chi connectivity index (χ2v) is 7.35. The molecule has 2 saturated heterocycles. The Morgan fingerprint density at radius 3 is 2.87 bits per heavy atom. The molecule has 1 aromatic rings. The summed E-state index contributed by atoms with van der Waals surface area (Å²) < 4.78 is 5.59. The Bertz CT molecular complexity index is 474. The minimum absolute atomic E-state index is 0.144. The highest BCUT2D eigenvalue weighted by molar-refractivity contribution is 5.15. The maximum absolute atomic E-state index is 9.34. The molecule has 3 atom stereocenters. The largest absolute Gasteiger partial charge is 0.396 e. The van der Waals surface area contributed by atoms with E-state index >= 15 is 0 Å². The maximum atomic E-state index is 9.34.